The minimum Gasteiger partial charge on any atom is -0.388 e. The first kappa shape index (κ1) is 17.9. The van der Waals surface area contributed by atoms with Crippen LogP contribution in [-0.4, -0.2) is 48.8 Å². The van der Waals surface area contributed by atoms with Crippen LogP contribution in [0.15, 0.2) is 0 Å². The summed E-state index contributed by atoms with van der Waals surface area (Å²) in [5.41, 5.74) is -1.25. The van der Waals surface area contributed by atoms with Crippen molar-refractivity contribution in [2.24, 2.45) is 5.41 Å². The Labute approximate surface area is 126 Å². The molecule has 1 aliphatic heterocycles. The van der Waals surface area contributed by atoms with Crippen molar-refractivity contribution < 1.29 is 19.4 Å². The van der Waals surface area contributed by atoms with Gasteiger partial charge in [0.2, 0.25) is 11.8 Å². The average Bonchev–Trinajstić information content (AvgIpc) is 2.41. The number of rotatable bonds is 6. The fourth-order valence-electron chi connectivity index (χ4n) is 2.00. The number of hydrogen-bond donors (Lipinski definition) is 3. The van der Waals surface area contributed by atoms with Crippen LogP contribution in [0.1, 0.15) is 46.5 Å². The van der Waals surface area contributed by atoms with Gasteiger partial charge >= 0.3 is 0 Å². The van der Waals surface area contributed by atoms with Crippen molar-refractivity contribution in [2.75, 3.05) is 26.3 Å². The summed E-state index contributed by atoms with van der Waals surface area (Å²) < 4.78 is 5.19. The number of carbonyl (C=O) groups excluding carboxylic acids is 2. The SMILES string of the molecule is CC(C)(C)C(=O)NCCCC(=O)NCC1(O)CCOCC1. The molecule has 122 valence electrons. The zero-order valence-electron chi connectivity index (χ0n) is 13.3. The van der Waals surface area contributed by atoms with Gasteiger partial charge in [-0.15, -0.1) is 0 Å². The maximum atomic E-state index is 11.7. The maximum Gasteiger partial charge on any atom is 0.225 e. The van der Waals surface area contributed by atoms with Crippen LogP contribution >= 0.6 is 0 Å². The zero-order valence-corrected chi connectivity index (χ0v) is 13.3. The lowest BCUT2D eigenvalue weighted by Crippen LogP contribution is -2.46. The van der Waals surface area contributed by atoms with Crippen molar-refractivity contribution in [1.29, 1.82) is 0 Å². The Morgan fingerprint density at radius 1 is 1.19 bits per heavy atom. The van der Waals surface area contributed by atoms with E-state index < -0.39 is 11.0 Å². The summed E-state index contributed by atoms with van der Waals surface area (Å²) >= 11 is 0. The number of hydrogen-bond acceptors (Lipinski definition) is 4. The van der Waals surface area contributed by atoms with E-state index in [0.29, 0.717) is 45.4 Å². The molecule has 0 aromatic rings. The molecular formula is C15H28N2O4. The fourth-order valence-corrected chi connectivity index (χ4v) is 2.00. The molecule has 0 spiro atoms. The highest BCUT2D eigenvalue weighted by molar-refractivity contribution is 5.81. The zero-order chi connectivity index (χ0) is 15.9. The van der Waals surface area contributed by atoms with Crippen LogP contribution in [0.5, 0.6) is 0 Å². The van der Waals surface area contributed by atoms with Crippen molar-refractivity contribution in [3.63, 3.8) is 0 Å². The predicted octanol–water partition coefficient (Wildman–Crippen LogP) is 0.587. The largest absolute Gasteiger partial charge is 0.388 e. The molecule has 21 heavy (non-hydrogen) atoms. The van der Waals surface area contributed by atoms with Gasteiger partial charge in [-0.2, -0.15) is 0 Å². The molecule has 1 aliphatic rings. The molecule has 0 aromatic carbocycles. The molecule has 6 nitrogen and oxygen atoms in total. The highest BCUT2D eigenvalue weighted by atomic mass is 16.5. The van der Waals surface area contributed by atoms with E-state index in [1.807, 2.05) is 20.8 Å². The molecule has 1 rings (SSSR count). The van der Waals surface area contributed by atoms with Crippen LogP contribution in [0.25, 0.3) is 0 Å². The molecule has 0 unspecified atom stereocenters. The summed E-state index contributed by atoms with van der Waals surface area (Å²) in [5.74, 6) is -0.112. The Bertz CT molecular complexity index is 357. The summed E-state index contributed by atoms with van der Waals surface area (Å²) in [6, 6.07) is 0. The van der Waals surface area contributed by atoms with Gasteiger partial charge in [-0.1, -0.05) is 20.8 Å². The molecule has 3 N–H and O–H groups in total. The van der Waals surface area contributed by atoms with Gasteiger partial charge in [-0.25, -0.2) is 0 Å². The molecular weight excluding hydrogens is 272 g/mol. The van der Waals surface area contributed by atoms with Crippen LogP contribution in [0.2, 0.25) is 0 Å². The van der Waals surface area contributed by atoms with Crippen molar-refractivity contribution in [3.05, 3.63) is 0 Å². The third-order valence-electron chi connectivity index (χ3n) is 3.59. The van der Waals surface area contributed by atoms with Gasteiger partial charge in [-0.05, 0) is 6.42 Å². The summed E-state index contributed by atoms with van der Waals surface area (Å²) in [5, 5.41) is 15.8. The first-order chi connectivity index (χ1) is 9.73. The normalized spacial score (nSPS) is 18.1. The number of carbonyl (C=O) groups is 2. The minimum absolute atomic E-state index is 0.0144. The quantitative estimate of drug-likeness (QED) is 0.626. The van der Waals surface area contributed by atoms with E-state index >= 15 is 0 Å². The molecule has 0 bridgehead atoms. The maximum absolute atomic E-state index is 11.7. The Hall–Kier alpha value is -1.14. The van der Waals surface area contributed by atoms with Gasteiger partial charge in [-0.3, -0.25) is 9.59 Å². The molecule has 1 fully saturated rings. The standard InChI is InChI=1S/C15H28N2O4/c1-14(2,3)13(19)16-8-4-5-12(18)17-11-15(20)6-9-21-10-7-15/h20H,4-11H2,1-3H3,(H,16,19)(H,17,18). The molecule has 0 saturated carbocycles. The lowest BCUT2D eigenvalue weighted by Gasteiger charge is -2.32. The summed E-state index contributed by atoms with van der Waals surface area (Å²) in [6.07, 6.45) is 2.04. The van der Waals surface area contributed by atoms with Crippen molar-refractivity contribution in [1.82, 2.24) is 10.6 Å². The lowest BCUT2D eigenvalue weighted by atomic mass is 9.94. The Kier molecular flexibility index (Phi) is 6.61. The molecule has 2 amide bonds. The lowest BCUT2D eigenvalue weighted by molar-refractivity contribution is -0.129. The van der Waals surface area contributed by atoms with Crippen LogP contribution in [0.4, 0.5) is 0 Å². The van der Waals surface area contributed by atoms with E-state index in [9.17, 15) is 14.7 Å². The third kappa shape index (κ3) is 6.91. The second kappa shape index (κ2) is 7.75. The first-order valence-corrected chi connectivity index (χ1v) is 7.58. The van der Waals surface area contributed by atoms with Gasteiger partial charge < -0.3 is 20.5 Å². The number of amides is 2. The Morgan fingerprint density at radius 3 is 2.38 bits per heavy atom. The van der Waals surface area contributed by atoms with E-state index in [1.165, 1.54) is 0 Å². The van der Waals surface area contributed by atoms with Gasteiger partial charge in [0.25, 0.3) is 0 Å². The second-order valence-corrected chi connectivity index (χ2v) is 6.72. The van der Waals surface area contributed by atoms with E-state index in [-0.39, 0.29) is 18.4 Å². The van der Waals surface area contributed by atoms with E-state index in [4.69, 9.17) is 4.74 Å². The smallest absolute Gasteiger partial charge is 0.225 e. The average molecular weight is 300 g/mol. The number of aliphatic hydroxyl groups is 1. The van der Waals surface area contributed by atoms with Gasteiger partial charge in [0.1, 0.15) is 0 Å². The van der Waals surface area contributed by atoms with E-state index in [2.05, 4.69) is 10.6 Å². The second-order valence-electron chi connectivity index (χ2n) is 6.72. The number of ether oxygens (including phenoxy) is 1. The van der Waals surface area contributed by atoms with Gasteiger partial charge in [0, 0.05) is 51.0 Å². The van der Waals surface area contributed by atoms with Crippen LogP contribution in [0.3, 0.4) is 0 Å². The molecule has 0 aromatic heterocycles. The van der Waals surface area contributed by atoms with Crippen molar-refractivity contribution >= 4 is 11.8 Å². The molecule has 0 aliphatic carbocycles. The van der Waals surface area contributed by atoms with Crippen LogP contribution < -0.4 is 10.6 Å². The van der Waals surface area contributed by atoms with E-state index in [0.717, 1.165) is 0 Å². The summed E-state index contributed by atoms with van der Waals surface area (Å²) in [6.45, 7) is 7.37. The molecule has 1 saturated heterocycles. The Morgan fingerprint density at radius 2 is 1.81 bits per heavy atom. The van der Waals surface area contributed by atoms with Crippen LogP contribution in [-0.2, 0) is 14.3 Å². The van der Waals surface area contributed by atoms with E-state index in [1.54, 1.807) is 0 Å². The predicted molar refractivity (Wildman–Crippen MR) is 79.7 cm³/mol. The van der Waals surface area contributed by atoms with Crippen LogP contribution in [0, 0.1) is 5.41 Å². The summed E-state index contributed by atoms with van der Waals surface area (Å²) in [7, 11) is 0. The highest BCUT2D eigenvalue weighted by Gasteiger charge is 2.29. The van der Waals surface area contributed by atoms with Crippen molar-refractivity contribution in [3.8, 4) is 0 Å². The molecule has 1 heterocycles. The van der Waals surface area contributed by atoms with Gasteiger partial charge in [0.15, 0.2) is 0 Å². The number of nitrogens with one attached hydrogen (secondary N) is 2. The topological polar surface area (TPSA) is 87.7 Å². The molecule has 0 atom stereocenters. The fraction of sp³-hybridized carbons (Fsp3) is 0.867. The monoisotopic (exact) mass is 300 g/mol. The molecule has 0 radical (unpaired) electrons. The van der Waals surface area contributed by atoms with Gasteiger partial charge in [0.05, 0.1) is 5.60 Å². The minimum atomic E-state index is -0.839. The molecule has 6 heteroatoms. The Balaban J connectivity index is 2.13. The van der Waals surface area contributed by atoms with Crippen molar-refractivity contribution in [2.45, 2.75) is 52.1 Å². The first-order valence-electron chi connectivity index (χ1n) is 7.58. The highest BCUT2D eigenvalue weighted by Crippen LogP contribution is 2.19. The third-order valence-corrected chi connectivity index (χ3v) is 3.59. The summed E-state index contributed by atoms with van der Waals surface area (Å²) in [4.78, 5) is 23.3.